The van der Waals surface area contributed by atoms with E-state index in [4.69, 9.17) is 15.8 Å². The van der Waals surface area contributed by atoms with Gasteiger partial charge in [-0.05, 0) is 37.6 Å². The summed E-state index contributed by atoms with van der Waals surface area (Å²) < 4.78 is 2.02. The minimum absolute atomic E-state index is 0.281. The summed E-state index contributed by atoms with van der Waals surface area (Å²) in [4.78, 5) is 4.92. The lowest BCUT2D eigenvalue weighted by atomic mass is 9.71. The summed E-state index contributed by atoms with van der Waals surface area (Å²) in [7, 11) is 2.06. The highest BCUT2D eigenvalue weighted by molar-refractivity contribution is 5.04. The zero-order valence-electron chi connectivity index (χ0n) is 13.5. The third-order valence-electron chi connectivity index (χ3n) is 5.72. The fourth-order valence-electron chi connectivity index (χ4n) is 4.22. The van der Waals surface area contributed by atoms with Gasteiger partial charge in [0.05, 0.1) is 0 Å². The molecule has 1 aromatic heterocycles. The highest BCUT2D eigenvalue weighted by atomic mass is 15.3. The molecule has 2 fully saturated rings. The van der Waals surface area contributed by atoms with E-state index >= 15 is 0 Å². The van der Waals surface area contributed by atoms with Crippen LogP contribution in [0.3, 0.4) is 0 Å². The van der Waals surface area contributed by atoms with Gasteiger partial charge in [0.15, 0.2) is 5.82 Å². The van der Waals surface area contributed by atoms with E-state index in [1.807, 2.05) is 4.68 Å². The summed E-state index contributed by atoms with van der Waals surface area (Å²) in [6.45, 7) is 0.790. The van der Waals surface area contributed by atoms with Gasteiger partial charge in [-0.1, -0.05) is 38.5 Å². The Hall–Kier alpha value is -0.900. The van der Waals surface area contributed by atoms with Crippen LogP contribution >= 0.6 is 0 Å². The predicted molar refractivity (Wildman–Crippen MR) is 85.1 cm³/mol. The molecule has 3 rings (SSSR count). The molecule has 4 nitrogen and oxygen atoms in total. The van der Waals surface area contributed by atoms with Crippen LogP contribution in [0.25, 0.3) is 0 Å². The van der Waals surface area contributed by atoms with Gasteiger partial charge < -0.3 is 5.73 Å². The zero-order chi connectivity index (χ0) is 14.7. The molecule has 2 N–H and O–H groups in total. The number of aromatic nitrogens is 3. The lowest BCUT2D eigenvalue weighted by Gasteiger charge is -2.35. The zero-order valence-corrected chi connectivity index (χ0v) is 13.5. The van der Waals surface area contributed by atoms with Gasteiger partial charge in [-0.15, -0.1) is 0 Å². The highest BCUT2D eigenvalue weighted by Crippen LogP contribution is 2.38. The molecule has 0 saturated heterocycles. The first-order valence-electron chi connectivity index (χ1n) is 8.82. The molecule has 0 amide bonds. The minimum Gasteiger partial charge on any atom is -0.330 e. The standard InChI is InChI=1S/C17H30N4/c1-21-15(12-17(13-18)10-6-3-7-11-17)19-16(20-21)14-8-4-2-5-9-14/h14H,2-13,18H2,1H3. The smallest absolute Gasteiger partial charge is 0.154 e. The van der Waals surface area contributed by atoms with E-state index in [1.165, 1.54) is 64.2 Å². The number of nitrogens with two attached hydrogens (primary N) is 1. The maximum absolute atomic E-state index is 6.13. The van der Waals surface area contributed by atoms with Gasteiger partial charge in [0.2, 0.25) is 0 Å². The third kappa shape index (κ3) is 3.31. The Kier molecular flexibility index (Phi) is 4.63. The molecular formula is C17H30N4. The topological polar surface area (TPSA) is 56.7 Å². The number of hydrogen-bond acceptors (Lipinski definition) is 3. The maximum atomic E-state index is 6.13. The van der Waals surface area contributed by atoms with Gasteiger partial charge in [0.1, 0.15) is 5.82 Å². The lowest BCUT2D eigenvalue weighted by molar-refractivity contribution is 0.191. The van der Waals surface area contributed by atoms with Crippen molar-refractivity contribution in [1.82, 2.24) is 14.8 Å². The molecule has 0 aliphatic heterocycles. The van der Waals surface area contributed by atoms with E-state index in [-0.39, 0.29) is 5.41 Å². The maximum Gasteiger partial charge on any atom is 0.154 e. The van der Waals surface area contributed by atoms with Crippen LogP contribution in [0, 0.1) is 5.41 Å². The summed E-state index contributed by atoms with van der Waals surface area (Å²) in [6, 6.07) is 0. The van der Waals surface area contributed by atoms with Gasteiger partial charge in [0, 0.05) is 19.4 Å². The number of aryl methyl sites for hydroxylation is 1. The van der Waals surface area contributed by atoms with Crippen LogP contribution in [0.15, 0.2) is 0 Å². The van der Waals surface area contributed by atoms with Crippen molar-refractivity contribution in [2.75, 3.05) is 6.54 Å². The predicted octanol–water partition coefficient (Wildman–Crippen LogP) is 3.31. The Labute approximate surface area is 128 Å². The molecule has 0 unspecified atom stereocenters. The van der Waals surface area contributed by atoms with Gasteiger partial charge in [-0.3, -0.25) is 4.68 Å². The molecule has 0 radical (unpaired) electrons. The molecule has 0 aromatic carbocycles. The summed E-state index contributed by atoms with van der Waals surface area (Å²) in [6.07, 6.45) is 14.1. The van der Waals surface area contributed by atoms with Crippen LogP contribution < -0.4 is 5.73 Å². The molecule has 1 aromatic rings. The average molecular weight is 290 g/mol. The van der Waals surface area contributed by atoms with Crippen molar-refractivity contribution in [3.63, 3.8) is 0 Å². The summed E-state index contributed by atoms with van der Waals surface area (Å²) >= 11 is 0. The first-order valence-corrected chi connectivity index (χ1v) is 8.82. The van der Waals surface area contributed by atoms with Crippen molar-refractivity contribution in [2.24, 2.45) is 18.2 Å². The molecule has 21 heavy (non-hydrogen) atoms. The van der Waals surface area contributed by atoms with Crippen molar-refractivity contribution in [3.8, 4) is 0 Å². The van der Waals surface area contributed by atoms with E-state index in [1.54, 1.807) is 0 Å². The summed E-state index contributed by atoms with van der Waals surface area (Å²) in [5.74, 6) is 2.84. The number of hydrogen-bond donors (Lipinski definition) is 1. The Bertz CT molecular complexity index is 453. The van der Waals surface area contributed by atoms with Crippen LogP contribution in [0.2, 0.25) is 0 Å². The normalized spacial score (nSPS) is 23.3. The van der Waals surface area contributed by atoms with Crippen molar-refractivity contribution >= 4 is 0 Å². The van der Waals surface area contributed by atoms with Gasteiger partial charge in [-0.25, -0.2) is 4.98 Å². The molecule has 2 saturated carbocycles. The SMILES string of the molecule is Cn1nc(C2CCCCC2)nc1CC1(CN)CCCCC1. The molecule has 2 aliphatic carbocycles. The van der Waals surface area contributed by atoms with E-state index in [0.717, 1.165) is 24.6 Å². The van der Waals surface area contributed by atoms with Gasteiger partial charge >= 0.3 is 0 Å². The van der Waals surface area contributed by atoms with Gasteiger partial charge in [-0.2, -0.15) is 5.10 Å². The van der Waals surface area contributed by atoms with Crippen LogP contribution in [-0.4, -0.2) is 21.3 Å². The van der Waals surface area contributed by atoms with Crippen LogP contribution in [0.1, 0.15) is 81.8 Å². The first-order chi connectivity index (χ1) is 10.2. The molecule has 0 spiro atoms. The second kappa shape index (κ2) is 6.47. The molecule has 0 atom stereocenters. The second-order valence-electron chi connectivity index (χ2n) is 7.29. The molecule has 118 valence electrons. The third-order valence-corrected chi connectivity index (χ3v) is 5.72. The lowest BCUT2D eigenvalue weighted by Crippen LogP contribution is -2.35. The Balaban J connectivity index is 1.74. The summed E-state index contributed by atoms with van der Waals surface area (Å²) in [5.41, 5.74) is 6.41. The van der Waals surface area contributed by atoms with Crippen molar-refractivity contribution < 1.29 is 0 Å². The monoisotopic (exact) mass is 290 g/mol. The molecule has 4 heteroatoms. The van der Waals surface area contributed by atoms with Crippen LogP contribution in [0.5, 0.6) is 0 Å². The summed E-state index contributed by atoms with van der Waals surface area (Å²) in [5, 5.41) is 4.73. The fourth-order valence-corrected chi connectivity index (χ4v) is 4.22. The Morgan fingerprint density at radius 2 is 1.76 bits per heavy atom. The fraction of sp³-hybridized carbons (Fsp3) is 0.882. The first kappa shape index (κ1) is 15.0. The van der Waals surface area contributed by atoms with Crippen molar-refractivity contribution in [2.45, 2.75) is 76.5 Å². The van der Waals surface area contributed by atoms with Crippen LogP contribution in [0.4, 0.5) is 0 Å². The highest BCUT2D eigenvalue weighted by Gasteiger charge is 2.33. The van der Waals surface area contributed by atoms with Crippen LogP contribution in [-0.2, 0) is 13.5 Å². The van der Waals surface area contributed by atoms with Crippen molar-refractivity contribution in [1.29, 1.82) is 0 Å². The van der Waals surface area contributed by atoms with Gasteiger partial charge in [0.25, 0.3) is 0 Å². The largest absolute Gasteiger partial charge is 0.330 e. The molecule has 2 aliphatic rings. The number of nitrogens with zero attached hydrogens (tertiary/aromatic N) is 3. The molecular weight excluding hydrogens is 260 g/mol. The molecule has 0 bridgehead atoms. The van der Waals surface area contributed by atoms with E-state index in [2.05, 4.69) is 7.05 Å². The Morgan fingerprint density at radius 1 is 1.10 bits per heavy atom. The average Bonchev–Trinajstić information content (AvgIpc) is 2.90. The van der Waals surface area contributed by atoms with E-state index in [9.17, 15) is 0 Å². The van der Waals surface area contributed by atoms with E-state index < -0.39 is 0 Å². The second-order valence-corrected chi connectivity index (χ2v) is 7.29. The van der Waals surface area contributed by atoms with Crippen molar-refractivity contribution in [3.05, 3.63) is 11.6 Å². The van der Waals surface area contributed by atoms with E-state index in [0.29, 0.717) is 5.92 Å². The number of rotatable bonds is 4. The quantitative estimate of drug-likeness (QED) is 0.925. The molecule has 1 heterocycles. The minimum atomic E-state index is 0.281. The Morgan fingerprint density at radius 3 is 2.43 bits per heavy atom.